The number of hydrogen-bond acceptors (Lipinski definition) is 6. The average molecular weight is 289 g/mol. The van der Waals surface area contributed by atoms with E-state index >= 15 is 0 Å². The number of aromatic nitrogens is 3. The normalized spacial score (nSPS) is 15.3. The first kappa shape index (κ1) is 13.5. The molecule has 3 rings (SSSR count). The van der Waals surface area contributed by atoms with Crippen LogP contribution in [0.25, 0.3) is 10.6 Å². The SMILES string of the molecule is CCCN1CCc2nc(-c3cnc(C)nc3N)sc2C1. The van der Waals surface area contributed by atoms with E-state index < -0.39 is 0 Å². The zero-order valence-electron chi connectivity index (χ0n) is 11.9. The molecule has 1 aliphatic heterocycles. The van der Waals surface area contributed by atoms with Gasteiger partial charge in [-0.2, -0.15) is 0 Å². The van der Waals surface area contributed by atoms with Gasteiger partial charge in [0.05, 0.1) is 11.3 Å². The molecule has 2 N–H and O–H groups in total. The molecule has 0 unspecified atom stereocenters. The molecule has 5 nitrogen and oxygen atoms in total. The fourth-order valence-corrected chi connectivity index (χ4v) is 3.69. The Morgan fingerprint density at radius 1 is 1.40 bits per heavy atom. The van der Waals surface area contributed by atoms with Crippen LogP contribution in [0.2, 0.25) is 0 Å². The van der Waals surface area contributed by atoms with Crippen molar-refractivity contribution in [1.82, 2.24) is 19.9 Å². The van der Waals surface area contributed by atoms with Crippen LogP contribution in [-0.4, -0.2) is 32.9 Å². The molecular formula is C14H19N5S. The Labute approximate surface area is 122 Å². The fraction of sp³-hybridized carbons (Fsp3) is 0.500. The molecule has 0 aliphatic carbocycles. The third kappa shape index (κ3) is 2.53. The minimum absolute atomic E-state index is 0.522. The maximum atomic E-state index is 5.99. The topological polar surface area (TPSA) is 67.9 Å². The first-order valence-electron chi connectivity index (χ1n) is 6.97. The van der Waals surface area contributed by atoms with Crippen molar-refractivity contribution in [3.8, 4) is 10.6 Å². The molecule has 0 fully saturated rings. The van der Waals surface area contributed by atoms with Crippen molar-refractivity contribution in [2.45, 2.75) is 33.2 Å². The quantitative estimate of drug-likeness (QED) is 0.938. The first-order valence-corrected chi connectivity index (χ1v) is 7.79. The molecular weight excluding hydrogens is 270 g/mol. The first-order chi connectivity index (χ1) is 9.67. The number of hydrogen-bond donors (Lipinski definition) is 1. The molecule has 0 amide bonds. The summed E-state index contributed by atoms with van der Waals surface area (Å²) in [6.07, 6.45) is 4.00. The number of anilines is 1. The van der Waals surface area contributed by atoms with Gasteiger partial charge in [-0.05, 0) is 19.9 Å². The minimum atomic E-state index is 0.522. The van der Waals surface area contributed by atoms with Crippen LogP contribution in [0.1, 0.15) is 29.7 Å². The summed E-state index contributed by atoms with van der Waals surface area (Å²) in [5, 5.41) is 0.950. The molecule has 3 heterocycles. The molecule has 0 aromatic carbocycles. The van der Waals surface area contributed by atoms with Gasteiger partial charge in [-0.3, -0.25) is 4.90 Å². The molecule has 6 heteroatoms. The standard InChI is InChI=1S/C14H19N5S/c1-3-5-19-6-4-11-12(8-19)20-14(18-11)10-7-16-9(2)17-13(10)15/h7H,3-6,8H2,1-2H3,(H2,15,16,17). The smallest absolute Gasteiger partial charge is 0.137 e. The van der Waals surface area contributed by atoms with Gasteiger partial charge in [-0.15, -0.1) is 11.3 Å². The predicted octanol–water partition coefficient (Wildman–Crippen LogP) is 2.26. The van der Waals surface area contributed by atoms with E-state index in [4.69, 9.17) is 10.7 Å². The molecule has 0 bridgehead atoms. The van der Waals surface area contributed by atoms with Crippen LogP contribution >= 0.6 is 11.3 Å². The molecule has 0 spiro atoms. The van der Waals surface area contributed by atoms with Gasteiger partial charge in [-0.1, -0.05) is 6.92 Å². The summed E-state index contributed by atoms with van der Waals surface area (Å²) in [6.45, 7) is 7.33. The Balaban J connectivity index is 1.90. The van der Waals surface area contributed by atoms with Gasteiger partial charge in [0.25, 0.3) is 0 Å². The summed E-state index contributed by atoms with van der Waals surface area (Å²) in [5.41, 5.74) is 8.07. The second kappa shape index (κ2) is 5.46. The van der Waals surface area contributed by atoms with Crippen molar-refractivity contribution in [1.29, 1.82) is 0 Å². The van der Waals surface area contributed by atoms with E-state index in [1.54, 1.807) is 17.5 Å². The second-order valence-electron chi connectivity index (χ2n) is 5.13. The van der Waals surface area contributed by atoms with Crippen LogP contribution in [0.5, 0.6) is 0 Å². The Morgan fingerprint density at radius 2 is 2.25 bits per heavy atom. The number of nitrogens with zero attached hydrogens (tertiary/aromatic N) is 4. The lowest BCUT2D eigenvalue weighted by atomic mass is 10.2. The van der Waals surface area contributed by atoms with Crippen LogP contribution in [0.3, 0.4) is 0 Å². The molecule has 0 radical (unpaired) electrons. The van der Waals surface area contributed by atoms with Crippen molar-refractivity contribution >= 4 is 17.2 Å². The summed E-state index contributed by atoms with van der Waals surface area (Å²) < 4.78 is 0. The number of nitrogen functional groups attached to an aromatic ring is 1. The zero-order chi connectivity index (χ0) is 14.1. The van der Waals surface area contributed by atoms with Gasteiger partial charge >= 0.3 is 0 Å². The number of rotatable bonds is 3. The summed E-state index contributed by atoms with van der Waals surface area (Å²) in [4.78, 5) is 17.0. The molecule has 0 saturated carbocycles. The Bertz CT molecular complexity index is 622. The van der Waals surface area contributed by atoms with Gasteiger partial charge in [0, 0.05) is 30.6 Å². The van der Waals surface area contributed by atoms with Gasteiger partial charge in [0.2, 0.25) is 0 Å². The van der Waals surface area contributed by atoms with Crippen molar-refractivity contribution in [2.75, 3.05) is 18.8 Å². The Morgan fingerprint density at radius 3 is 3.00 bits per heavy atom. The van der Waals surface area contributed by atoms with Crippen LogP contribution < -0.4 is 5.73 Å². The predicted molar refractivity (Wildman–Crippen MR) is 81.6 cm³/mol. The van der Waals surface area contributed by atoms with Crippen molar-refractivity contribution < 1.29 is 0 Å². The van der Waals surface area contributed by atoms with Crippen molar-refractivity contribution in [2.24, 2.45) is 0 Å². The van der Waals surface area contributed by atoms with E-state index in [0.717, 1.165) is 36.6 Å². The third-order valence-electron chi connectivity index (χ3n) is 3.52. The number of thiazole rings is 1. The lowest BCUT2D eigenvalue weighted by Gasteiger charge is -2.25. The Kier molecular flexibility index (Phi) is 3.67. The van der Waals surface area contributed by atoms with E-state index in [1.165, 1.54) is 17.0 Å². The molecule has 1 aliphatic rings. The minimum Gasteiger partial charge on any atom is -0.383 e. The molecule has 2 aromatic rings. The van der Waals surface area contributed by atoms with Crippen LogP contribution in [-0.2, 0) is 13.0 Å². The van der Waals surface area contributed by atoms with E-state index in [-0.39, 0.29) is 0 Å². The summed E-state index contributed by atoms with van der Waals surface area (Å²) in [5.74, 6) is 1.22. The molecule has 106 valence electrons. The highest BCUT2D eigenvalue weighted by molar-refractivity contribution is 7.15. The van der Waals surface area contributed by atoms with Gasteiger partial charge in [-0.25, -0.2) is 15.0 Å². The van der Waals surface area contributed by atoms with Crippen LogP contribution in [0.15, 0.2) is 6.20 Å². The molecule has 20 heavy (non-hydrogen) atoms. The van der Waals surface area contributed by atoms with Crippen LogP contribution in [0, 0.1) is 6.92 Å². The van der Waals surface area contributed by atoms with Crippen molar-refractivity contribution in [3.05, 3.63) is 22.6 Å². The Hall–Kier alpha value is -1.53. The van der Waals surface area contributed by atoms with E-state index in [0.29, 0.717) is 11.6 Å². The molecule has 0 saturated heterocycles. The lowest BCUT2D eigenvalue weighted by Crippen LogP contribution is -2.30. The summed E-state index contributed by atoms with van der Waals surface area (Å²) in [6, 6.07) is 0. The average Bonchev–Trinajstić information content (AvgIpc) is 2.81. The largest absolute Gasteiger partial charge is 0.383 e. The second-order valence-corrected chi connectivity index (χ2v) is 6.21. The van der Waals surface area contributed by atoms with Gasteiger partial charge in [0.1, 0.15) is 16.6 Å². The van der Waals surface area contributed by atoms with E-state index in [2.05, 4.69) is 21.8 Å². The molecule has 0 atom stereocenters. The van der Waals surface area contributed by atoms with Crippen LogP contribution in [0.4, 0.5) is 5.82 Å². The van der Waals surface area contributed by atoms with Gasteiger partial charge < -0.3 is 5.73 Å². The van der Waals surface area contributed by atoms with Crippen molar-refractivity contribution in [3.63, 3.8) is 0 Å². The van der Waals surface area contributed by atoms with E-state index in [9.17, 15) is 0 Å². The fourth-order valence-electron chi connectivity index (χ4n) is 2.52. The summed E-state index contributed by atoms with van der Waals surface area (Å²) >= 11 is 1.73. The third-order valence-corrected chi connectivity index (χ3v) is 4.63. The maximum absolute atomic E-state index is 5.99. The lowest BCUT2D eigenvalue weighted by molar-refractivity contribution is 0.256. The zero-order valence-corrected chi connectivity index (χ0v) is 12.7. The highest BCUT2D eigenvalue weighted by Crippen LogP contribution is 2.33. The monoisotopic (exact) mass is 289 g/mol. The van der Waals surface area contributed by atoms with Gasteiger partial charge in [0.15, 0.2) is 0 Å². The number of fused-ring (bicyclic) bond motifs is 1. The van der Waals surface area contributed by atoms with E-state index in [1.807, 2.05) is 6.92 Å². The molecule has 2 aromatic heterocycles. The number of nitrogens with two attached hydrogens (primary N) is 1. The summed E-state index contributed by atoms with van der Waals surface area (Å²) in [7, 11) is 0. The maximum Gasteiger partial charge on any atom is 0.137 e. The number of aryl methyl sites for hydroxylation is 1. The highest BCUT2D eigenvalue weighted by Gasteiger charge is 2.21. The highest BCUT2D eigenvalue weighted by atomic mass is 32.1.